The number of halogens is 1. The average Bonchev–Trinajstić information content (AvgIpc) is 2.58. The molecule has 4 heteroatoms. The molecule has 74 valence electrons. The summed E-state index contributed by atoms with van der Waals surface area (Å²) in [6.45, 7) is 0. The number of anilines is 1. The summed E-state index contributed by atoms with van der Waals surface area (Å²) >= 11 is 9.29. The van der Waals surface area contributed by atoms with Gasteiger partial charge in [-0.25, -0.2) is 0 Å². The van der Waals surface area contributed by atoms with Gasteiger partial charge in [-0.3, -0.25) is 0 Å². The highest BCUT2D eigenvalue weighted by Gasteiger charge is 2.06. The minimum Gasteiger partial charge on any atom is -0.398 e. The first kappa shape index (κ1) is 10.1. The Morgan fingerprint density at radius 1 is 1.50 bits per heavy atom. The van der Waals surface area contributed by atoms with E-state index < -0.39 is 0 Å². The molecular weight excluding hydrogens is 234 g/mol. The van der Waals surface area contributed by atoms with Crippen molar-refractivity contribution in [3.05, 3.63) is 23.1 Å². The third-order valence-electron chi connectivity index (χ3n) is 2.15. The number of benzene rings is 1. The lowest BCUT2D eigenvalue weighted by Crippen LogP contribution is -1.85. The van der Waals surface area contributed by atoms with Gasteiger partial charge in [-0.15, -0.1) is 34.7 Å². The first-order valence-electron chi connectivity index (χ1n) is 4.16. The minimum atomic E-state index is 0.543. The molecule has 2 rings (SSSR count). The van der Waals surface area contributed by atoms with E-state index in [0.29, 0.717) is 5.88 Å². The first-order valence-corrected chi connectivity index (χ1v) is 6.79. The van der Waals surface area contributed by atoms with E-state index in [1.165, 1.54) is 9.60 Å². The van der Waals surface area contributed by atoms with Crippen LogP contribution in [-0.4, -0.2) is 6.26 Å². The zero-order chi connectivity index (χ0) is 10.1. The highest BCUT2D eigenvalue weighted by Crippen LogP contribution is 2.34. The minimum absolute atomic E-state index is 0.543. The molecule has 2 N–H and O–H groups in total. The third-order valence-corrected chi connectivity index (χ3v) is 4.22. The van der Waals surface area contributed by atoms with Crippen molar-refractivity contribution in [2.45, 2.75) is 10.8 Å². The Bertz CT molecular complexity index is 464. The number of hydrogen-bond donors (Lipinski definition) is 1. The summed E-state index contributed by atoms with van der Waals surface area (Å²) in [6.07, 6.45) is 2.06. The number of thioether (sulfide) groups is 1. The van der Waals surface area contributed by atoms with Crippen LogP contribution < -0.4 is 5.73 Å². The van der Waals surface area contributed by atoms with Crippen molar-refractivity contribution in [1.29, 1.82) is 0 Å². The van der Waals surface area contributed by atoms with Crippen molar-refractivity contribution in [3.63, 3.8) is 0 Å². The second kappa shape index (κ2) is 4.01. The smallest absolute Gasteiger partial charge is 0.0502 e. The van der Waals surface area contributed by atoms with E-state index in [9.17, 15) is 0 Å². The molecule has 0 unspecified atom stereocenters. The van der Waals surface area contributed by atoms with Gasteiger partial charge in [-0.2, -0.15) is 0 Å². The molecule has 14 heavy (non-hydrogen) atoms. The topological polar surface area (TPSA) is 26.0 Å². The molecule has 0 aliphatic heterocycles. The molecule has 1 nitrogen and oxygen atoms in total. The van der Waals surface area contributed by atoms with E-state index in [2.05, 4.69) is 18.4 Å². The molecule has 0 saturated carbocycles. The van der Waals surface area contributed by atoms with Crippen molar-refractivity contribution < 1.29 is 0 Å². The third kappa shape index (κ3) is 1.60. The van der Waals surface area contributed by atoms with Crippen LogP contribution in [0, 0.1) is 0 Å². The molecule has 0 atom stereocenters. The Morgan fingerprint density at radius 2 is 2.29 bits per heavy atom. The van der Waals surface area contributed by atoms with Crippen molar-refractivity contribution in [2.24, 2.45) is 0 Å². The van der Waals surface area contributed by atoms with Crippen LogP contribution in [0.25, 0.3) is 10.1 Å². The largest absolute Gasteiger partial charge is 0.398 e. The van der Waals surface area contributed by atoms with Gasteiger partial charge in [0, 0.05) is 26.2 Å². The highest BCUT2D eigenvalue weighted by atomic mass is 35.5. The van der Waals surface area contributed by atoms with Gasteiger partial charge in [0.05, 0.1) is 5.69 Å². The van der Waals surface area contributed by atoms with Crippen molar-refractivity contribution in [2.75, 3.05) is 12.0 Å². The van der Waals surface area contributed by atoms with E-state index in [4.69, 9.17) is 17.3 Å². The lowest BCUT2D eigenvalue weighted by Gasteiger charge is -2.04. The van der Waals surface area contributed by atoms with Crippen LogP contribution in [0.5, 0.6) is 0 Å². The Hall–Kier alpha value is -0.380. The average molecular weight is 244 g/mol. The number of alkyl halides is 1. The predicted molar refractivity (Wildman–Crippen MR) is 67.6 cm³/mol. The lowest BCUT2D eigenvalue weighted by molar-refractivity contribution is 1.29. The van der Waals surface area contributed by atoms with Gasteiger partial charge in [-0.1, -0.05) is 0 Å². The molecule has 0 amide bonds. The summed E-state index contributed by atoms with van der Waals surface area (Å²) in [5, 5.41) is 3.11. The maximum absolute atomic E-state index is 5.88. The fourth-order valence-electron chi connectivity index (χ4n) is 1.41. The normalized spacial score (nSPS) is 11.0. The van der Waals surface area contributed by atoms with E-state index in [1.54, 1.807) is 23.1 Å². The Kier molecular flexibility index (Phi) is 2.91. The summed E-state index contributed by atoms with van der Waals surface area (Å²) in [7, 11) is 0. The second-order valence-corrected chi connectivity index (χ2v) is 5.01. The van der Waals surface area contributed by atoms with Gasteiger partial charge >= 0.3 is 0 Å². The van der Waals surface area contributed by atoms with Crippen molar-refractivity contribution in [1.82, 2.24) is 0 Å². The molecule has 0 fully saturated rings. The standard InChI is InChI=1S/C10H10ClNS2/c1-13-9-3-10-7(2-6(9)4-11)8(12)5-14-10/h2-3,5H,4,12H2,1H3. The zero-order valence-corrected chi connectivity index (χ0v) is 10.1. The first-order chi connectivity index (χ1) is 6.76. The molecule has 1 heterocycles. The Balaban J connectivity index is 2.71. The summed E-state index contributed by atoms with van der Waals surface area (Å²) in [4.78, 5) is 1.24. The summed E-state index contributed by atoms with van der Waals surface area (Å²) < 4.78 is 1.24. The van der Waals surface area contributed by atoms with Gasteiger partial charge in [0.1, 0.15) is 0 Å². The van der Waals surface area contributed by atoms with Crippen LogP contribution in [0.15, 0.2) is 22.4 Å². The van der Waals surface area contributed by atoms with E-state index in [-0.39, 0.29) is 0 Å². The highest BCUT2D eigenvalue weighted by molar-refractivity contribution is 7.98. The maximum atomic E-state index is 5.88. The van der Waals surface area contributed by atoms with Gasteiger partial charge in [0.25, 0.3) is 0 Å². The molecule has 0 aliphatic rings. The van der Waals surface area contributed by atoms with Crippen LogP contribution in [0.2, 0.25) is 0 Å². The number of nitrogen functional groups attached to an aromatic ring is 1. The SMILES string of the molecule is CSc1cc2scc(N)c2cc1CCl. The van der Waals surface area contributed by atoms with Gasteiger partial charge in [-0.05, 0) is 24.0 Å². The molecular formula is C10H10ClNS2. The molecule has 1 aromatic heterocycles. The quantitative estimate of drug-likeness (QED) is 0.639. The molecule has 1 aromatic carbocycles. The van der Waals surface area contributed by atoms with Gasteiger partial charge in [0.15, 0.2) is 0 Å². The number of hydrogen-bond acceptors (Lipinski definition) is 3. The fourth-order valence-corrected chi connectivity index (χ4v) is 3.29. The van der Waals surface area contributed by atoms with E-state index in [1.807, 2.05) is 5.38 Å². The zero-order valence-electron chi connectivity index (χ0n) is 7.71. The summed E-state index contributed by atoms with van der Waals surface area (Å²) in [5.41, 5.74) is 7.87. The molecule has 2 aromatic rings. The molecule has 0 aliphatic carbocycles. The summed E-state index contributed by atoms with van der Waals surface area (Å²) in [6, 6.07) is 4.26. The molecule has 0 saturated heterocycles. The van der Waals surface area contributed by atoms with Gasteiger partial charge in [0.2, 0.25) is 0 Å². The number of thiophene rings is 1. The van der Waals surface area contributed by atoms with Gasteiger partial charge < -0.3 is 5.73 Å². The lowest BCUT2D eigenvalue weighted by atomic mass is 10.2. The van der Waals surface area contributed by atoms with E-state index >= 15 is 0 Å². The van der Waals surface area contributed by atoms with Crippen LogP contribution in [0.1, 0.15) is 5.56 Å². The maximum Gasteiger partial charge on any atom is 0.0502 e. The molecule has 0 spiro atoms. The summed E-state index contributed by atoms with van der Waals surface area (Å²) in [5.74, 6) is 0.543. The molecule has 0 bridgehead atoms. The molecule has 0 radical (unpaired) electrons. The van der Waals surface area contributed by atoms with Crippen molar-refractivity contribution in [3.8, 4) is 0 Å². The number of fused-ring (bicyclic) bond motifs is 1. The van der Waals surface area contributed by atoms with Crippen molar-refractivity contribution >= 4 is 50.5 Å². The van der Waals surface area contributed by atoms with Crippen LogP contribution >= 0.6 is 34.7 Å². The van der Waals surface area contributed by atoms with Crippen LogP contribution in [0.4, 0.5) is 5.69 Å². The van der Waals surface area contributed by atoms with Crippen LogP contribution in [0.3, 0.4) is 0 Å². The Morgan fingerprint density at radius 3 is 2.93 bits per heavy atom. The predicted octanol–water partition coefficient (Wildman–Crippen LogP) is 3.94. The number of nitrogens with two attached hydrogens (primary N) is 1. The monoisotopic (exact) mass is 243 g/mol. The Labute approximate surface area is 96.2 Å². The second-order valence-electron chi connectivity index (χ2n) is 2.98. The van der Waals surface area contributed by atoms with E-state index in [0.717, 1.165) is 16.6 Å². The number of rotatable bonds is 2. The van der Waals surface area contributed by atoms with Crippen LogP contribution in [-0.2, 0) is 5.88 Å². The fraction of sp³-hybridized carbons (Fsp3) is 0.200.